The maximum atomic E-state index is 9.05. The second kappa shape index (κ2) is 6.02. The lowest BCUT2D eigenvalue weighted by Gasteiger charge is -2.11. The van der Waals surface area contributed by atoms with Crippen molar-refractivity contribution in [2.75, 3.05) is 7.11 Å². The number of aliphatic hydroxyl groups is 1. The molecule has 1 aromatic carbocycles. The van der Waals surface area contributed by atoms with Gasteiger partial charge in [0.2, 0.25) is 0 Å². The number of aliphatic hydroxyl groups excluding tert-OH is 1. The SMILES string of the molecule is COc1cc(CO)ccc1OCc1cccnc1. The van der Waals surface area contributed by atoms with Crippen LogP contribution in [0.4, 0.5) is 0 Å². The molecule has 2 rings (SSSR count). The van der Waals surface area contributed by atoms with Crippen molar-refractivity contribution < 1.29 is 14.6 Å². The predicted octanol–water partition coefficient (Wildman–Crippen LogP) is 2.16. The molecule has 0 aliphatic rings. The average Bonchev–Trinajstić information content (AvgIpc) is 2.46. The van der Waals surface area contributed by atoms with Crippen LogP contribution < -0.4 is 9.47 Å². The minimum atomic E-state index is -0.0146. The van der Waals surface area contributed by atoms with E-state index in [0.717, 1.165) is 11.1 Å². The summed E-state index contributed by atoms with van der Waals surface area (Å²) in [6, 6.07) is 9.17. The molecule has 0 aliphatic carbocycles. The number of hydrogen-bond donors (Lipinski definition) is 1. The van der Waals surface area contributed by atoms with Gasteiger partial charge in [-0.15, -0.1) is 0 Å². The molecule has 94 valence electrons. The number of rotatable bonds is 5. The topological polar surface area (TPSA) is 51.6 Å². The third-order valence-electron chi connectivity index (χ3n) is 2.53. The molecule has 0 saturated heterocycles. The summed E-state index contributed by atoms with van der Waals surface area (Å²) in [5.41, 5.74) is 1.78. The molecule has 1 heterocycles. The van der Waals surface area contributed by atoms with E-state index in [0.29, 0.717) is 18.1 Å². The van der Waals surface area contributed by atoms with Crippen molar-refractivity contribution >= 4 is 0 Å². The molecule has 0 radical (unpaired) electrons. The highest BCUT2D eigenvalue weighted by Crippen LogP contribution is 2.28. The van der Waals surface area contributed by atoms with Crippen LogP contribution in [0.15, 0.2) is 42.7 Å². The Morgan fingerprint density at radius 2 is 2.06 bits per heavy atom. The first-order valence-corrected chi connectivity index (χ1v) is 5.63. The third kappa shape index (κ3) is 2.99. The maximum absolute atomic E-state index is 9.05. The van der Waals surface area contributed by atoms with E-state index >= 15 is 0 Å². The first kappa shape index (κ1) is 12.4. The highest BCUT2D eigenvalue weighted by molar-refractivity contribution is 5.42. The zero-order valence-electron chi connectivity index (χ0n) is 10.2. The molecule has 0 atom stereocenters. The van der Waals surface area contributed by atoms with E-state index in [1.54, 1.807) is 37.7 Å². The Morgan fingerprint density at radius 3 is 2.72 bits per heavy atom. The number of pyridine rings is 1. The summed E-state index contributed by atoms with van der Waals surface area (Å²) in [7, 11) is 1.58. The van der Waals surface area contributed by atoms with Gasteiger partial charge in [-0.25, -0.2) is 0 Å². The fourth-order valence-electron chi connectivity index (χ4n) is 1.57. The molecule has 1 aromatic heterocycles. The Bertz CT molecular complexity index is 500. The molecule has 18 heavy (non-hydrogen) atoms. The Morgan fingerprint density at radius 1 is 1.17 bits per heavy atom. The zero-order chi connectivity index (χ0) is 12.8. The highest BCUT2D eigenvalue weighted by Gasteiger charge is 2.05. The molecule has 0 unspecified atom stereocenters. The number of hydrogen-bond acceptors (Lipinski definition) is 4. The Balaban J connectivity index is 2.09. The van der Waals surface area contributed by atoms with Crippen molar-refractivity contribution in [2.24, 2.45) is 0 Å². The first-order valence-electron chi connectivity index (χ1n) is 5.63. The molecule has 0 aliphatic heterocycles. The van der Waals surface area contributed by atoms with E-state index in [2.05, 4.69) is 4.98 Å². The number of aromatic nitrogens is 1. The lowest BCUT2D eigenvalue weighted by atomic mass is 10.2. The van der Waals surface area contributed by atoms with Crippen LogP contribution in [0.1, 0.15) is 11.1 Å². The van der Waals surface area contributed by atoms with Crippen LogP contribution in [0.2, 0.25) is 0 Å². The summed E-state index contributed by atoms with van der Waals surface area (Å²) in [6.45, 7) is 0.419. The van der Waals surface area contributed by atoms with Crippen molar-refractivity contribution in [2.45, 2.75) is 13.2 Å². The van der Waals surface area contributed by atoms with Gasteiger partial charge < -0.3 is 14.6 Å². The van der Waals surface area contributed by atoms with E-state index in [9.17, 15) is 0 Å². The molecule has 0 fully saturated rings. The van der Waals surface area contributed by atoms with Gasteiger partial charge in [0.1, 0.15) is 6.61 Å². The summed E-state index contributed by atoms with van der Waals surface area (Å²) in [6.07, 6.45) is 3.48. The smallest absolute Gasteiger partial charge is 0.161 e. The van der Waals surface area contributed by atoms with Gasteiger partial charge in [-0.05, 0) is 23.8 Å². The number of ether oxygens (including phenoxy) is 2. The normalized spacial score (nSPS) is 10.1. The van der Waals surface area contributed by atoms with Crippen LogP contribution in [0.25, 0.3) is 0 Å². The molecule has 0 bridgehead atoms. The van der Waals surface area contributed by atoms with Gasteiger partial charge in [-0.1, -0.05) is 12.1 Å². The minimum absolute atomic E-state index is 0.0146. The van der Waals surface area contributed by atoms with Gasteiger partial charge in [0.15, 0.2) is 11.5 Å². The Labute approximate surface area is 106 Å². The van der Waals surface area contributed by atoms with Crippen LogP contribution in [-0.4, -0.2) is 17.2 Å². The third-order valence-corrected chi connectivity index (χ3v) is 2.53. The largest absolute Gasteiger partial charge is 0.493 e. The van der Waals surface area contributed by atoms with Crippen molar-refractivity contribution in [1.29, 1.82) is 0 Å². The molecule has 1 N–H and O–H groups in total. The van der Waals surface area contributed by atoms with Crippen molar-refractivity contribution in [1.82, 2.24) is 4.98 Å². The van der Waals surface area contributed by atoms with Gasteiger partial charge in [0.05, 0.1) is 13.7 Å². The monoisotopic (exact) mass is 245 g/mol. The van der Waals surface area contributed by atoms with Gasteiger partial charge in [0, 0.05) is 18.0 Å². The predicted molar refractivity (Wildman–Crippen MR) is 67.5 cm³/mol. The van der Waals surface area contributed by atoms with Crippen molar-refractivity contribution in [3.05, 3.63) is 53.9 Å². The first-order chi connectivity index (χ1) is 8.83. The second-order valence-electron chi connectivity index (χ2n) is 3.79. The Hall–Kier alpha value is -2.07. The fourth-order valence-corrected chi connectivity index (χ4v) is 1.57. The lowest BCUT2D eigenvalue weighted by Crippen LogP contribution is -1.98. The lowest BCUT2D eigenvalue weighted by molar-refractivity contribution is 0.274. The summed E-state index contributed by atoms with van der Waals surface area (Å²) < 4.78 is 10.9. The number of nitrogens with zero attached hydrogens (tertiary/aromatic N) is 1. The molecule has 4 heteroatoms. The molecular formula is C14H15NO3. The maximum Gasteiger partial charge on any atom is 0.161 e. The van der Waals surface area contributed by atoms with Crippen molar-refractivity contribution in [3.8, 4) is 11.5 Å². The van der Waals surface area contributed by atoms with Crippen LogP contribution in [0.3, 0.4) is 0 Å². The summed E-state index contributed by atoms with van der Waals surface area (Å²) in [4.78, 5) is 4.02. The highest BCUT2D eigenvalue weighted by atomic mass is 16.5. The molecule has 4 nitrogen and oxygen atoms in total. The quantitative estimate of drug-likeness (QED) is 0.877. The van der Waals surface area contributed by atoms with Crippen LogP contribution in [0, 0.1) is 0 Å². The molecule has 0 spiro atoms. The standard InChI is InChI=1S/C14H15NO3/c1-17-14-7-11(9-16)4-5-13(14)18-10-12-3-2-6-15-8-12/h2-8,16H,9-10H2,1H3. The number of methoxy groups -OCH3 is 1. The van der Waals surface area contributed by atoms with E-state index in [1.807, 2.05) is 12.1 Å². The Kier molecular flexibility index (Phi) is 4.15. The summed E-state index contributed by atoms with van der Waals surface area (Å²) in [5.74, 6) is 1.27. The van der Waals surface area contributed by atoms with E-state index < -0.39 is 0 Å². The number of benzene rings is 1. The van der Waals surface area contributed by atoms with Crippen molar-refractivity contribution in [3.63, 3.8) is 0 Å². The molecule has 0 amide bonds. The molecular weight excluding hydrogens is 230 g/mol. The van der Waals surface area contributed by atoms with Crippen LogP contribution in [-0.2, 0) is 13.2 Å². The zero-order valence-corrected chi connectivity index (χ0v) is 10.2. The second-order valence-corrected chi connectivity index (χ2v) is 3.79. The molecule has 2 aromatic rings. The van der Waals surface area contributed by atoms with Gasteiger partial charge in [0.25, 0.3) is 0 Å². The van der Waals surface area contributed by atoms with Crippen LogP contribution in [0.5, 0.6) is 11.5 Å². The van der Waals surface area contributed by atoms with Crippen LogP contribution >= 0.6 is 0 Å². The van der Waals surface area contributed by atoms with Gasteiger partial charge in [-0.2, -0.15) is 0 Å². The van der Waals surface area contributed by atoms with E-state index in [4.69, 9.17) is 14.6 Å². The summed E-state index contributed by atoms with van der Waals surface area (Å²) in [5, 5.41) is 9.05. The van der Waals surface area contributed by atoms with Gasteiger partial charge in [-0.3, -0.25) is 4.98 Å². The van der Waals surface area contributed by atoms with E-state index in [-0.39, 0.29) is 6.61 Å². The molecule has 0 saturated carbocycles. The summed E-state index contributed by atoms with van der Waals surface area (Å²) >= 11 is 0. The minimum Gasteiger partial charge on any atom is -0.493 e. The van der Waals surface area contributed by atoms with Gasteiger partial charge >= 0.3 is 0 Å². The average molecular weight is 245 g/mol. The fraction of sp³-hybridized carbons (Fsp3) is 0.214. The van der Waals surface area contributed by atoms with E-state index in [1.165, 1.54) is 0 Å².